The van der Waals surface area contributed by atoms with E-state index in [0.717, 1.165) is 11.3 Å². The molecule has 1 heterocycles. The number of esters is 2. The SMILES string of the molecule is CCOc1ccc(OCC(=O)N=c2sc3cc(C(=O)OC)ccc3n2CC(=O)OC)cc1. The smallest absolute Gasteiger partial charge is 0.337 e. The zero-order valence-corrected chi connectivity index (χ0v) is 18.6. The highest BCUT2D eigenvalue weighted by Crippen LogP contribution is 2.20. The molecular formula is C22H22N2O7S. The molecule has 1 aromatic heterocycles. The van der Waals surface area contributed by atoms with Gasteiger partial charge in [-0.15, -0.1) is 0 Å². The van der Waals surface area contributed by atoms with Gasteiger partial charge in [-0.3, -0.25) is 9.59 Å². The van der Waals surface area contributed by atoms with Crippen LogP contribution < -0.4 is 14.3 Å². The molecule has 10 heteroatoms. The van der Waals surface area contributed by atoms with Crippen LogP contribution >= 0.6 is 11.3 Å². The van der Waals surface area contributed by atoms with Crippen LogP contribution in [0, 0.1) is 0 Å². The number of aromatic nitrogens is 1. The number of ether oxygens (including phenoxy) is 4. The summed E-state index contributed by atoms with van der Waals surface area (Å²) in [5.41, 5.74) is 0.982. The minimum atomic E-state index is -0.530. The maximum Gasteiger partial charge on any atom is 0.337 e. The number of carbonyl (C=O) groups excluding carboxylic acids is 3. The van der Waals surface area contributed by atoms with Gasteiger partial charge in [0.15, 0.2) is 11.4 Å². The number of hydrogen-bond acceptors (Lipinski definition) is 8. The number of carbonyl (C=O) groups is 3. The van der Waals surface area contributed by atoms with Crippen LogP contribution in [0.25, 0.3) is 10.2 Å². The van der Waals surface area contributed by atoms with E-state index in [1.54, 1.807) is 47.0 Å². The van der Waals surface area contributed by atoms with E-state index in [9.17, 15) is 14.4 Å². The first-order chi connectivity index (χ1) is 15.4. The third kappa shape index (κ3) is 5.52. The van der Waals surface area contributed by atoms with Crippen molar-refractivity contribution < 1.29 is 33.3 Å². The normalized spacial score (nSPS) is 11.3. The Bertz CT molecular complexity index is 1200. The van der Waals surface area contributed by atoms with Crippen molar-refractivity contribution in [1.82, 2.24) is 4.57 Å². The van der Waals surface area contributed by atoms with Crippen LogP contribution in [-0.2, 0) is 25.6 Å². The van der Waals surface area contributed by atoms with E-state index >= 15 is 0 Å². The molecule has 0 unspecified atom stereocenters. The van der Waals surface area contributed by atoms with Gasteiger partial charge in [-0.25, -0.2) is 4.79 Å². The summed E-state index contributed by atoms with van der Waals surface area (Å²) >= 11 is 1.16. The fraction of sp³-hybridized carbons (Fsp3) is 0.273. The van der Waals surface area contributed by atoms with Gasteiger partial charge in [0.25, 0.3) is 5.91 Å². The molecule has 168 valence electrons. The summed E-state index contributed by atoms with van der Waals surface area (Å²) in [4.78, 5) is 40.6. The average Bonchev–Trinajstić information content (AvgIpc) is 3.13. The van der Waals surface area contributed by atoms with E-state index in [4.69, 9.17) is 18.9 Å². The Hall–Kier alpha value is -3.66. The van der Waals surface area contributed by atoms with E-state index in [0.29, 0.717) is 33.9 Å². The van der Waals surface area contributed by atoms with Crippen LogP contribution in [0.3, 0.4) is 0 Å². The van der Waals surface area contributed by atoms with Gasteiger partial charge < -0.3 is 23.5 Å². The van der Waals surface area contributed by atoms with Gasteiger partial charge in [0.2, 0.25) is 0 Å². The summed E-state index contributed by atoms with van der Waals surface area (Å²) in [6.45, 7) is 2.02. The molecule has 0 spiro atoms. The largest absolute Gasteiger partial charge is 0.494 e. The highest BCUT2D eigenvalue weighted by Gasteiger charge is 2.14. The molecule has 0 saturated heterocycles. The lowest BCUT2D eigenvalue weighted by molar-refractivity contribution is -0.141. The fourth-order valence-corrected chi connectivity index (χ4v) is 3.92. The van der Waals surface area contributed by atoms with Crippen molar-refractivity contribution in [2.24, 2.45) is 4.99 Å². The van der Waals surface area contributed by atoms with Crippen molar-refractivity contribution in [3.05, 3.63) is 52.8 Å². The fourth-order valence-electron chi connectivity index (χ4n) is 2.83. The molecule has 2 aromatic carbocycles. The first-order valence-electron chi connectivity index (χ1n) is 9.67. The van der Waals surface area contributed by atoms with Crippen LogP contribution in [0.1, 0.15) is 17.3 Å². The van der Waals surface area contributed by atoms with Crippen molar-refractivity contribution in [1.29, 1.82) is 0 Å². The lowest BCUT2D eigenvalue weighted by atomic mass is 10.2. The number of rotatable bonds is 8. The first kappa shape index (κ1) is 23.0. The number of fused-ring (bicyclic) bond motifs is 1. The van der Waals surface area contributed by atoms with Gasteiger partial charge in [0, 0.05) is 0 Å². The average molecular weight is 458 g/mol. The predicted molar refractivity (Wildman–Crippen MR) is 117 cm³/mol. The maximum atomic E-state index is 12.4. The first-order valence-corrected chi connectivity index (χ1v) is 10.5. The number of nitrogens with zero attached hydrogens (tertiary/aromatic N) is 2. The second-order valence-corrected chi connectivity index (χ2v) is 7.43. The molecule has 0 aliphatic heterocycles. The Morgan fingerprint density at radius 1 is 0.969 bits per heavy atom. The number of hydrogen-bond donors (Lipinski definition) is 0. The molecule has 0 bridgehead atoms. The van der Waals surface area contributed by atoms with Crippen molar-refractivity contribution in [2.45, 2.75) is 13.5 Å². The third-order valence-corrected chi connectivity index (χ3v) is 5.38. The molecular weight excluding hydrogens is 436 g/mol. The number of methoxy groups -OCH3 is 2. The monoisotopic (exact) mass is 458 g/mol. The summed E-state index contributed by atoms with van der Waals surface area (Å²) < 4.78 is 22.6. The summed E-state index contributed by atoms with van der Waals surface area (Å²) in [7, 11) is 2.57. The Morgan fingerprint density at radius 3 is 2.28 bits per heavy atom. The van der Waals surface area contributed by atoms with Crippen molar-refractivity contribution in [3.63, 3.8) is 0 Å². The number of thiazole rings is 1. The molecule has 32 heavy (non-hydrogen) atoms. The van der Waals surface area contributed by atoms with Crippen LogP contribution in [0.2, 0.25) is 0 Å². The molecule has 0 saturated carbocycles. The molecule has 1 amide bonds. The van der Waals surface area contributed by atoms with Gasteiger partial charge in [0.1, 0.15) is 18.0 Å². The third-order valence-electron chi connectivity index (χ3n) is 4.34. The predicted octanol–water partition coefficient (Wildman–Crippen LogP) is 2.57. The zero-order valence-electron chi connectivity index (χ0n) is 17.8. The van der Waals surface area contributed by atoms with Gasteiger partial charge in [-0.2, -0.15) is 4.99 Å². The Balaban J connectivity index is 1.86. The zero-order chi connectivity index (χ0) is 23.1. The summed E-state index contributed by atoms with van der Waals surface area (Å²) in [6, 6.07) is 11.8. The highest BCUT2D eigenvalue weighted by atomic mass is 32.1. The summed E-state index contributed by atoms with van der Waals surface area (Å²) in [5, 5.41) is 0. The molecule has 0 radical (unpaired) electrons. The van der Waals surface area contributed by atoms with E-state index in [-0.39, 0.29) is 18.0 Å². The standard InChI is InChI=1S/C22H22N2O7S/c1-4-30-15-6-8-16(9-7-15)31-13-19(25)23-22-24(12-20(26)28-2)17-10-5-14(21(27)29-3)11-18(17)32-22/h5-11H,4,12-13H2,1-3H3. The topological polar surface area (TPSA) is 105 Å². The molecule has 0 atom stereocenters. The molecule has 0 aliphatic carbocycles. The quantitative estimate of drug-likeness (QED) is 0.478. The molecule has 0 fully saturated rings. The number of benzene rings is 2. The van der Waals surface area contributed by atoms with Gasteiger partial charge >= 0.3 is 11.9 Å². The van der Waals surface area contributed by atoms with Crippen LogP contribution in [-0.4, -0.2) is 49.8 Å². The molecule has 0 aliphatic rings. The number of amides is 1. The van der Waals surface area contributed by atoms with E-state index in [1.807, 2.05) is 6.92 Å². The lowest BCUT2D eigenvalue weighted by Gasteiger charge is -2.06. The van der Waals surface area contributed by atoms with Crippen molar-refractivity contribution in [2.75, 3.05) is 27.4 Å². The van der Waals surface area contributed by atoms with Gasteiger partial charge in [0.05, 0.1) is 36.6 Å². The van der Waals surface area contributed by atoms with Crippen LogP contribution in [0.4, 0.5) is 0 Å². The minimum Gasteiger partial charge on any atom is -0.494 e. The molecule has 3 aromatic rings. The molecule has 3 rings (SSSR count). The highest BCUT2D eigenvalue weighted by molar-refractivity contribution is 7.16. The Kier molecular flexibility index (Phi) is 7.61. The summed E-state index contributed by atoms with van der Waals surface area (Å²) in [6.07, 6.45) is 0. The molecule has 0 N–H and O–H groups in total. The Morgan fingerprint density at radius 2 is 1.66 bits per heavy atom. The van der Waals surface area contributed by atoms with Crippen molar-refractivity contribution >= 4 is 39.4 Å². The van der Waals surface area contributed by atoms with Crippen molar-refractivity contribution in [3.8, 4) is 11.5 Å². The van der Waals surface area contributed by atoms with Gasteiger partial charge in [-0.1, -0.05) is 11.3 Å². The van der Waals surface area contributed by atoms with E-state index in [1.165, 1.54) is 14.2 Å². The second kappa shape index (κ2) is 10.6. The Labute approximate surface area is 187 Å². The van der Waals surface area contributed by atoms with Gasteiger partial charge in [-0.05, 0) is 49.4 Å². The van der Waals surface area contributed by atoms with Crippen LogP contribution in [0.15, 0.2) is 47.5 Å². The minimum absolute atomic E-state index is 0.139. The van der Waals surface area contributed by atoms with E-state index in [2.05, 4.69) is 4.99 Å². The summed E-state index contributed by atoms with van der Waals surface area (Å²) in [5.74, 6) is -0.313. The maximum absolute atomic E-state index is 12.4. The second-order valence-electron chi connectivity index (χ2n) is 6.42. The lowest BCUT2D eigenvalue weighted by Crippen LogP contribution is -2.23. The van der Waals surface area contributed by atoms with E-state index < -0.39 is 17.8 Å². The molecule has 9 nitrogen and oxygen atoms in total. The van der Waals surface area contributed by atoms with Crippen LogP contribution in [0.5, 0.6) is 11.5 Å².